The second-order valence-corrected chi connectivity index (χ2v) is 12.1. The van der Waals surface area contributed by atoms with Crippen LogP contribution in [0.5, 0.6) is 0 Å². The van der Waals surface area contributed by atoms with Crippen LogP contribution >= 0.6 is 36.7 Å². The Hall–Kier alpha value is -0.423. The molecule has 0 radical (unpaired) electrons. The van der Waals surface area contributed by atoms with Gasteiger partial charge in [0, 0.05) is 12.7 Å². The van der Waals surface area contributed by atoms with Gasteiger partial charge in [0.1, 0.15) is 0 Å². The van der Waals surface area contributed by atoms with Crippen LogP contribution in [-0.4, -0.2) is 36.8 Å². The van der Waals surface area contributed by atoms with Crippen molar-refractivity contribution in [2.45, 2.75) is 96.1 Å². The number of hydrogen-bond acceptors (Lipinski definition) is 7. The van der Waals surface area contributed by atoms with Gasteiger partial charge in [0.25, 0.3) is 0 Å². The van der Waals surface area contributed by atoms with Crippen molar-refractivity contribution in [3.8, 4) is 0 Å². The topological polar surface area (TPSA) is 46.3 Å². The molecule has 2 fully saturated rings. The summed E-state index contributed by atoms with van der Waals surface area (Å²) in [4.78, 5) is 0. The number of ether oxygens (including phenoxy) is 1. The highest BCUT2D eigenvalue weighted by atomic mass is 32.1. The summed E-state index contributed by atoms with van der Waals surface area (Å²) in [6.07, 6.45) is 16.3. The lowest BCUT2D eigenvalue weighted by Crippen LogP contribution is -2.30. The summed E-state index contributed by atoms with van der Waals surface area (Å²) in [5.74, 6) is 2.88. The largest absolute Gasteiger partial charge is 0.461 e. The third-order valence-corrected chi connectivity index (χ3v) is 10.1. The first kappa shape index (κ1) is 25.8. The van der Waals surface area contributed by atoms with E-state index in [1.54, 1.807) is 0 Å². The Morgan fingerprint density at radius 2 is 1.33 bits per heavy atom. The molecule has 0 N–H and O–H groups in total. The van der Waals surface area contributed by atoms with Gasteiger partial charge in [-0.05, 0) is 99.4 Å². The van der Waals surface area contributed by atoms with E-state index < -0.39 is 8.56 Å². The van der Waals surface area contributed by atoms with E-state index in [9.17, 15) is 0 Å². The van der Waals surface area contributed by atoms with Gasteiger partial charge in [0.2, 0.25) is 0 Å². The van der Waals surface area contributed by atoms with Crippen LogP contribution in [0, 0.1) is 17.8 Å². The van der Waals surface area contributed by atoms with Gasteiger partial charge in [-0.3, -0.25) is 0 Å². The Morgan fingerprint density at radius 3 is 1.83 bits per heavy atom. The fourth-order valence-electron chi connectivity index (χ4n) is 5.19. The van der Waals surface area contributed by atoms with E-state index in [4.69, 9.17) is 41.4 Å². The van der Waals surface area contributed by atoms with Crippen LogP contribution in [0.2, 0.25) is 6.04 Å². The monoisotopic (exact) mass is 481 g/mol. The Kier molecular flexibility index (Phi) is 12.6. The van der Waals surface area contributed by atoms with Crippen molar-refractivity contribution in [2.24, 2.45) is 31.7 Å². The van der Waals surface area contributed by atoms with Crippen molar-refractivity contribution >= 4 is 60.7 Å². The number of isothiocyanates is 3. The summed E-state index contributed by atoms with van der Waals surface area (Å²) < 4.78 is 18.6. The summed E-state index contributed by atoms with van der Waals surface area (Å²) in [6.45, 7) is 2.98. The molecule has 0 aromatic heterocycles. The van der Waals surface area contributed by atoms with Crippen LogP contribution < -0.4 is 0 Å². The minimum absolute atomic E-state index is 0.384. The van der Waals surface area contributed by atoms with Crippen molar-refractivity contribution in [1.82, 2.24) is 0 Å². The van der Waals surface area contributed by atoms with Crippen molar-refractivity contribution in [1.29, 1.82) is 0 Å². The fraction of sp³-hybridized carbons (Fsp3) is 0.864. The van der Waals surface area contributed by atoms with Gasteiger partial charge >= 0.3 is 8.56 Å². The number of thiocarbonyl (C=S) groups is 3. The Morgan fingerprint density at radius 1 is 0.800 bits per heavy atom. The number of rotatable bonds is 12. The number of hydrogen-bond donors (Lipinski definition) is 0. The summed E-state index contributed by atoms with van der Waals surface area (Å²) >= 11 is 14.2. The molecule has 2 aliphatic rings. The van der Waals surface area contributed by atoms with E-state index in [1.807, 2.05) is 0 Å². The third-order valence-electron chi connectivity index (χ3n) is 6.93. The molecular weight excluding hydrogens is 447 g/mol. The van der Waals surface area contributed by atoms with Crippen molar-refractivity contribution < 1.29 is 4.74 Å². The van der Waals surface area contributed by atoms with Crippen LogP contribution in [-0.2, 0) is 4.74 Å². The highest BCUT2D eigenvalue weighted by Crippen LogP contribution is 2.41. The molecule has 30 heavy (non-hydrogen) atoms. The standard InChI is InChI=1S/C22H35N3OS3Si/c1-2-3-5-19-6-8-20(9-7-19)21-10-12-22(13-11-21)26-14-4-15-30(23-16-27,24-17-28)25-18-29/h19-22H,2-15H2,1H3/t19-,20-,21-,22-. The maximum absolute atomic E-state index is 6.17. The molecular formula is C22H35N3OS3Si. The summed E-state index contributed by atoms with van der Waals surface area (Å²) in [6, 6.07) is 0.639. The zero-order valence-electron chi connectivity index (χ0n) is 18.2. The molecule has 2 saturated carbocycles. The zero-order chi connectivity index (χ0) is 21.7. The minimum atomic E-state index is -2.78. The van der Waals surface area contributed by atoms with Gasteiger partial charge in [-0.1, -0.05) is 39.0 Å². The molecule has 0 amide bonds. The van der Waals surface area contributed by atoms with Gasteiger partial charge in [-0.15, -0.1) is 0 Å². The molecule has 0 unspecified atom stereocenters. The molecule has 166 valence electrons. The average Bonchev–Trinajstić information content (AvgIpc) is 2.77. The highest BCUT2D eigenvalue weighted by Gasteiger charge is 2.34. The predicted molar refractivity (Wildman–Crippen MR) is 137 cm³/mol. The lowest BCUT2D eigenvalue weighted by molar-refractivity contribution is 0.00716. The summed E-state index contributed by atoms with van der Waals surface area (Å²) in [5.41, 5.74) is 0. The maximum atomic E-state index is 6.17. The van der Waals surface area contributed by atoms with Crippen molar-refractivity contribution in [2.75, 3.05) is 6.61 Å². The van der Waals surface area contributed by atoms with Gasteiger partial charge < -0.3 is 4.74 Å². The van der Waals surface area contributed by atoms with E-state index in [0.29, 0.717) is 18.8 Å². The molecule has 0 aromatic rings. The van der Waals surface area contributed by atoms with E-state index in [0.717, 1.165) is 24.2 Å². The van der Waals surface area contributed by atoms with Crippen LogP contribution in [0.1, 0.15) is 84.0 Å². The van der Waals surface area contributed by atoms with Gasteiger partial charge in [-0.25, -0.2) is 14.0 Å². The second-order valence-electron chi connectivity index (χ2n) is 8.82. The maximum Gasteiger partial charge on any atom is 0.461 e. The van der Waals surface area contributed by atoms with E-state index in [-0.39, 0.29) is 0 Å². The van der Waals surface area contributed by atoms with Gasteiger partial charge in [0.05, 0.1) is 21.6 Å². The molecule has 2 aliphatic carbocycles. The number of nitrogens with zero attached hydrogens (tertiary/aromatic N) is 3. The Bertz CT molecular complexity index is 611. The first-order valence-corrected chi connectivity index (χ1v) is 14.8. The quantitative estimate of drug-likeness (QED) is 0.128. The number of unbranched alkanes of at least 4 members (excludes halogenated alkanes) is 1. The molecule has 4 nitrogen and oxygen atoms in total. The highest BCUT2D eigenvalue weighted by molar-refractivity contribution is 7.78. The smallest absolute Gasteiger partial charge is 0.378 e. The molecule has 0 spiro atoms. The molecule has 0 saturated heterocycles. The van der Waals surface area contributed by atoms with Crippen molar-refractivity contribution in [3.05, 3.63) is 0 Å². The van der Waals surface area contributed by atoms with E-state index in [1.165, 1.54) is 70.6 Å². The first-order valence-electron chi connectivity index (χ1n) is 11.5. The normalized spacial score (nSPS) is 28.3. The Balaban J connectivity index is 1.67. The Labute approximate surface area is 199 Å². The van der Waals surface area contributed by atoms with Crippen LogP contribution in [0.4, 0.5) is 0 Å². The second kappa shape index (κ2) is 14.6. The minimum Gasteiger partial charge on any atom is -0.378 e. The van der Waals surface area contributed by atoms with Crippen LogP contribution in [0.25, 0.3) is 0 Å². The predicted octanol–water partition coefficient (Wildman–Crippen LogP) is 7.20. The molecule has 0 heterocycles. The van der Waals surface area contributed by atoms with E-state index in [2.05, 4.69) is 36.4 Å². The van der Waals surface area contributed by atoms with Crippen LogP contribution in [0.15, 0.2) is 14.0 Å². The van der Waals surface area contributed by atoms with Crippen molar-refractivity contribution in [3.63, 3.8) is 0 Å². The molecule has 0 bridgehead atoms. The summed E-state index contributed by atoms with van der Waals surface area (Å²) in [5, 5.41) is 7.16. The molecule has 0 atom stereocenters. The SMILES string of the molecule is CCCC[C@H]1CC[C@H]([C@H]2CC[C@H](OCCC[Si](N=C=S)(N=C=S)N=C=S)CC2)CC1. The summed E-state index contributed by atoms with van der Waals surface area (Å²) in [7, 11) is -2.78. The van der Waals surface area contributed by atoms with Crippen LogP contribution in [0.3, 0.4) is 0 Å². The zero-order valence-corrected chi connectivity index (χ0v) is 21.6. The molecule has 2 rings (SSSR count). The lowest BCUT2D eigenvalue weighted by atomic mass is 9.70. The van der Waals surface area contributed by atoms with E-state index >= 15 is 0 Å². The molecule has 0 aliphatic heterocycles. The molecule has 8 heteroatoms. The van der Waals surface area contributed by atoms with Gasteiger partial charge in [0.15, 0.2) is 0 Å². The van der Waals surface area contributed by atoms with Gasteiger partial charge in [-0.2, -0.15) is 0 Å². The first-order chi connectivity index (χ1) is 14.7. The fourth-order valence-corrected chi connectivity index (χ4v) is 8.05. The third kappa shape index (κ3) is 8.61. The molecule has 0 aromatic carbocycles. The lowest BCUT2D eigenvalue weighted by Gasteiger charge is -2.38. The average molecular weight is 482 g/mol.